The first-order chi connectivity index (χ1) is 12.9. The molecule has 0 aliphatic carbocycles. The smallest absolute Gasteiger partial charge is 0.107 e. The van der Waals surface area contributed by atoms with Crippen molar-refractivity contribution < 1.29 is 18.9 Å². The molecule has 154 valence electrons. The van der Waals surface area contributed by atoms with E-state index in [1.807, 2.05) is 0 Å². The third-order valence-electron chi connectivity index (χ3n) is 4.19. The van der Waals surface area contributed by atoms with Gasteiger partial charge in [-0.3, -0.25) is 0 Å². The van der Waals surface area contributed by atoms with E-state index >= 15 is 0 Å². The van der Waals surface area contributed by atoms with Gasteiger partial charge in [0.2, 0.25) is 0 Å². The summed E-state index contributed by atoms with van der Waals surface area (Å²) < 4.78 is 21.5. The zero-order valence-corrected chi connectivity index (χ0v) is 17.1. The molecule has 0 aliphatic rings. The molecule has 0 saturated heterocycles. The maximum Gasteiger partial charge on any atom is 0.107 e. The monoisotopic (exact) mass is 370 g/mol. The summed E-state index contributed by atoms with van der Waals surface area (Å²) in [5.74, 6) is 2.41. The third-order valence-corrected chi connectivity index (χ3v) is 4.19. The molecule has 0 aromatic heterocycles. The van der Waals surface area contributed by atoms with E-state index in [0.29, 0.717) is 46.2 Å². The topological polar surface area (TPSA) is 36.9 Å². The van der Waals surface area contributed by atoms with Gasteiger partial charge in [-0.05, 0) is 6.42 Å². The summed E-state index contributed by atoms with van der Waals surface area (Å²) in [4.78, 5) is 0. The van der Waals surface area contributed by atoms with E-state index in [1.165, 1.54) is 64.2 Å². The van der Waals surface area contributed by atoms with Crippen molar-refractivity contribution in [3.05, 3.63) is 0 Å². The summed E-state index contributed by atoms with van der Waals surface area (Å²) in [6.45, 7) is 7.04. The lowest BCUT2D eigenvalue weighted by Crippen LogP contribution is -2.12. The molecule has 0 heterocycles. The van der Waals surface area contributed by atoms with E-state index in [4.69, 9.17) is 25.4 Å². The first-order valence-corrected chi connectivity index (χ1v) is 10.7. The Labute approximate surface area is 162 Å². The minimum Gasteiger partial charge on any atom is -0.379 e. The summed E-state index contributed by atoms with van der Waals surface area (Å²) in [5.41, 5.74) is 0. The predicted molar refractivity (Wildman–Crippen MR) is 109 cm³/mol. The van der Waals surface area contributed by atoms with Crippen LogP contribution in [-0.4, -0.2) is 52.9 Å². The van der Waals surface area contributed by atoms with Gasteiger partial charge in [0.1, 0.15) is 6.61 Å². The van der Waals surface area contributed by atoms with E-state index in [2.05, 4.69) is 12.8 Å². The SMILES string of the molecule is C#CCOCCOCCOCCOCCCCCCCCCCCCC. The highest BCUT2D eigenvalue weighted by Gasteiger charge is 1.95. The molecule has 0 aromatic carbocycles. The molecular weight excluding hydrogens is 328 g/mol. The van der Waals surface area contributed by atoms with E-state index in [0.717, 1.165) is 13.0 Å². The van der Waals surface area contributed by atoms with Crippen molar-refractivity contribution in [3.63, 3.8) is 0 Å². The maximum atomic E-state index is 5.58. The Morgan fingerprint density at radius 2 is 0.885 bits per heavy atom. The molecule has 0 bridgehead atoms. The van der Waals surface area contributed by atoms with Gasteiger partial charge in [-0.25, -0.2) is 0 Å². The van der Waals surface area contributed by atoms with E-state index < -0.39 is 0 Å². The van der Waals surface area contributed by atoms with Gasteiger partial charge in [-0.2, -0.15) is 0 Å². The number of hydrogen-bond acceptors (Lipinski definition) is 4. The van der Waals surface area contributed by atoms with Crippen LogP contribution >= 0.6 is 0 Å². The predicted octanol–water partition coefficient (Wildman–Crippen LogP) is 5.00. The lowest BCUT2D eigenvalue weighted by atomic mass is 10.1. The van der Waals surface area contributed by atoms with Crippen LogP contribution in [0.1, 0.15) is 77.6 Å². The number of ether oxygens (including phenoxy) is 4. The lowest BCUT2D eigenvalue weighted by Gasteiger charge is -2.07. The summed E-state index contributed by atoms with van der Waals surface area (Å²) in [7, 11) is 0. The van der Waals surface area contributed by atoms with Crippen LogP contribution in [-0.2, 0) is 18.9 Å². The third kappa shape index (κ3) is 23.4. The van der Waals surface area contributed by atoms with Gasteiger partial charge in [-0.15, -0.1) is 6.42 Å². The Bertz CT molecular complexity index is 288. The average molecular weight is 371 g/mol. The summed E-state index contributed by atoms with van der Waals surface area (Å²) in [6.07, 6.45) is 20.1. The summed E-state index contributed by atoms with van der Waals surface area (Å²) in [5, 5.41) is 0. The molecule has 4 nitrogen and oxygen atoms in total. The Morgan fingerprint density at radius 1 is 0.500 bits per heavy atom. The first kappa shape index (κ1) is 25.4. The fraction of sp³-hybridized carbons (Fsp3) is 0.909. The molecule has 4 heteroatoms. The number of rotatable bonds is 22. The first-order valence-electron chi connectivity index (χ1n) is 10.7. The number of unbranched alkanes of at least 4 members (excludes halogenated alkanes) is 10. The number of terminal acetylenes is 1. The van der Waals surface area contributed by atoms with Gasteiger partial charge < -0.3 is 18.9 Å². The van der Waals surface area contributed by atoms with Crippen molar-refractivity contribution in [3.8, 4) is 12.3 Å². The largest absolute Gasteiger partial charge is 0.379 e. The summed E-state index contributed by atoms with van der Waals surface area (Å²) >= 11 is 0. The lowest BCUT2D eigenvalue weighted by molar-refractivity contribution is 0.000914. The molecule has 0 radical (unpaired) electrons. The van der Waals surface area contributed by atoms with Crippen molar-refractivity contribution >= 4 is 0 Å². The highest BCUT2D eigenvalue weighted by Crippen LogP contribution is 2.11. The standard InChI is InChI=1S/C22H42O4/c1-3-5-6-7-8-9-10-11-12-13-14-16-24-18-20-26-22-21-25-19-17-23-15-4-2/h2H,3,5-22H2,1H3. The van der Waals surface area contributed by atoms with Crippen molar-refractivity contribution in [2.24, 2.45) is 0 Å². The molecule has 0 unspecified atom stereocenters. The minimum absolute atomic E-state index is 0.344. The molecule has 0 saturated carbocycles. The molecule has 0 spiro atoms. The van der Waals surface area contributed by atoms with Crippen LogP contribution in [0.5, 0.6) is 0 Å². The van der Waals surface area contributed by atoms with Crippen LogP contribution in [0.25, 0.3) is 0 Å². The van der Waals surface area contributed by atoms with Crippen LogP contribution in [0.15, 0.2) is 0 Å². The van der Waals surface area contributed by atoms with Crippen LogP contribution in [0.2, 0.25) is 0 Å². The second-order valence-electron chi connectivity index (χ2n) is 6.63. The fourth-order valence-electron chi connectivity index (χ4n) is 2.66. The van der Waals surface area contributed by atoms with Gasteiger partial charge in [0.15, 0.2) is 0 Å². The van der Waals surface area contributed by atoms with Crippen molar-refractivity contribution in [2.45, 2.75) is 77.6 Å². The van der Waals surface area contributed by atoms with E-state index in [-0.39, 0.29) is 0 Å². The zero-order chi connectivity index (χ0) is 19.0. The second kappa shape index (κ2) is 24.4. The molecule has 0 N–H and O–H groups in total. The van der Waals surface area contributed by atoms with Crippen LogP contribution < -0.4 is 0 Å². The Kier molecular flexibility index (Phi) is 23.8. The Morgan fingerprint density at radius 3 is 1.35 bits per heavy atom. The quantitative estimate of drug-likeness (QED) is 0.199. The highest BCUT2D eigenvalue weighted by molar-refractivity contribution is 4.82. The van der Waals surface area contributed by atoms with Gasteiger partial charge in [0, 0.05) is 6.61 Å². The molecule has 0 amide bonds. The molecule has 0 fully saturated rings. The minimum atomic E-state index is 0.344. The average Bonchev–Trinajstić information content (AvgIpc) is 2.66. The molecule has 0 aliphatic heterocycles. The molecule has 26 heavy (non-hydrogen) atoms. The van der Waals surface area contributed by atoms with E-state index in [9.17, 15) is 0 Å². The molecule has 0 rings (SSSR count). The van der Waals surface area contributed by atoms with Crippen LogP contribution in [0.3, 0.4) is 0 Å². The second-order valence-corrected chi connectivity index (χ2v) is 6.63. The van der Waals surface area contributed by atoms with E-state index in [1.54, 1.807) is 0 Å². The van der Waals surface area contributed by atoms with Crippen LogP contribution in [0, 0.1) is 12.3 Å². The van der Waals surface area contributed by atoms with Gasteiger partial charge >= 0.3 is 0 Å². The highest BCUT2D eigenvalue weighted by atomic mass is 16.6. The molecule has 0 atom stereocenters. The molecule has 0 aromatic rings. The van der Waals surface area contributed by atoms with Gasteiger partial charge in [0.05, 0.1) is 39.6 Å². The van der Waals surface area contributed by atoms with Crippen LogP contribution in [0.4, 0.5) is 0 Å². The van der Waals surface area contributed by atoms with Crippen molar-refractivity contribution in [2.75, 3.05) is 52.9 Å². The van der Waals surface area contributed by atoms with Gasteiger partial charge in [-0.1, -0.05) is 77.1 Å². The van der Waals surface area contributed by atoms with Crippen molar-refractivity contribution in [1.29, 1.82) is 0 Å². The fourth-order valence-corrected chi connectivity index (χ4v) is 2.66. The normalized spacial score (nSPS) is 10.9. The van der Waals surface area contributed by atoms with Gasteiger partial charge in [0.25, 0.3) is 0 Å². The maximum absolute atomic E-state index is 5.58. The molecular formula is C22H42O4. The van der Waals surface area contributed by atoms with Crippen molar-refractivity contribution in [1.82, 2.24) is 0 Å². The number of hydrogen-bond donors (Lipinski definition) is 0. The summed E-state index contributed by atoms with van der Waals surface area (Å²) in [6, 6.07) is 0. The Hall–Kier alpha value is -0.600. The Balaban J connectivity index is 2.96. The zero-order valence-electron chi connectivity index (χ0n) is 17.1.